The molecule has 49 heavy (non-hydrogen) atoms. The largest absolute Gasteiger partial charge is 0.383 e. The zero-order chi connectivity index (χ0) is 35.4. The van der Waals surface area contributed by atoms with E-state index in [1.54, 1.807) is 52.7 Å². The van der Waals surface area contributed by atoms with E-state index >= 15 is 0 Å². The lowest BCUT2D eigenvalue weighted by Crippen LogP contribution is -2.38. The highest BCUT2D eigenvalue weighted by atomic mass is 32.2. The SMILES string of the molecule is CCN1CC(CC(=O)NO)Sc2ccccc21.O=C(CC1CNc2ccccc2S1(=O)=O)NO.O=C(CC1CNc2ccccc2S1)NO. The van der Waals surface area contributed by atoms with Gasteiger partial charge in [-0.1, -0.05) is 36.4 Å². The van der Waals surface area contributed by atoms with Gasteiger partial charge >= 0.3 is 0 Å². The minimum Gasteiger partial charge on any atom is -0.383 e. The fourth-order valence-corrected chi connectivity index (χ4v) is 9.63. The van der Waals surface area contributed by atoms with Gasteiger partial charge in [0, 0.05) is 71.4 Å². The third-order valence-corrected chi connectivity index (χ3v) is 12.5. The van der Waals surface area contributed by atoms with Crippen LogP contribution >= 0.6 is 23.5 Å². The summed E-state index contributed by atoms with van der Waals surface area (Å²) < 4.78 is 24.3. The molecule has 3 amide bonds. The molecule has 6 rings (SSSR count). The van der Waals surface area contributed by atoms with Crippen molar-refractivity contribution in [2.24, 2.45) is 0 Å². The van der Waals surface area contributed by atoms with Crippen molar-refractivity contribution in [3.05, 3.63) is 72.8 Å². The van der Waals surface area contributed by atoms with E-state index in [9.17, 15) is 22.8 Å². The third kappa shape index (κ3) is 10.3. The molecule has 3 aromatic rings. The second-order valence-electron chi connectivity index (χ2n) is 11.1. The Morgan fingerprint density at radius 3 is 1.94 bits per heavy atom. The third-order valence-electron chi connectivity index (χ3n) is 7.77. The maximum absolute atomic E-state index is 12.2. The zero-order valence-corrected chi connectivity index (χ0v) is 29.1. The number of para-hydroxylation sites is 3. The lowest BCUT2D eigenvalue weighted by Gasteiger charge is -2.34. The van der Waals surface area contributed by atoms with Crippen LogP contribution in [0.15, 0.2) is 87.5 Å². The summed E-state index contributed by atoms with van der Waals surface area (Å²) in [5.74, 6) is -1.37. The van der Waals surface area contributed by atoms with E-state index in [0.29, 0.717) is 18.5 Å². The zero-order valence-electron chi connectivity index (χ0n) is 26.7. The summed E-state index contributed by atoms with van der Waals surface area (Å²) in [5, 5.41) is 31.1. The van der Waals surface area contributed by atoms with E-state index in [1.165, 1.54) is 22.1 Å². The Labute approximate surface area is 293 Å². The highest BCUT2D eigenvalue weighted by molar-refractivity contribution is 8.00. The van der Waals surface area contributed by atoms with Gasteiger partial charge in [-0.25, -0.2) is 24.9 Å². The number of thioether (sulfide) groups is 2. The Kier molecular flexibility index (Phi) is 14.0. The van der Waals surface area contributed by atoms with E-state index in [4.69, 9.17) is 15.6 Å². The molecule has 0 aromatic heterocycles. The molecule has 0 saturated carbocycles. The van der Waals surface area contributed by atoms with Crippen molar-refractivity contribution in [1.82, 2.24) is 16.4 Å². The van der Waals surface area contributed by atoms with Gasteiger partial charge in [-0.05, 0) is 43.3 Å². The van der Waals surface area contributed by atoms with Crippen molar-refractivity contribution < 1.29 is 38.4 Å². The van der Waals surface area contributed by atoms with Gasteiger partial charge in [-0.2, -0.15) is 0 Å². The molecule has 264 valence electrons. The van der Waals surface area contributed by atoms with Gasteiger partial charge in [0.25, 0.3) is 0 Å². The van der Waals surface area contributed by atoms with Gasteiger partial charge in [-0.3, -0.25) is 30.0 Å². The number of carbonyl (C=O) groups excluding carboxylic acids is 3. The van der Waals surface area contributed by atoms with Crippen LogP contribution in [0, 0.1) is 0 Å². The number of hydrogen-bond acceptors (Lipinski definition) is 13. The number of rotatable bonds is 7. The molecule has 0 radical (unpaired) electrons. The first kappa shape index (κ1) is 37.8. The molecule has 14 nitrogen and oxygen atoms in total. The van der Waals surface area contributed by atoms with Gasteiger partial charge < -0.3 is 15.5 Å². The number of anilines is 3. The van der Waals surface area contributed by atoms with Gasteiger partial charge in [0.05, 0.1) is 21.5 Å². The summed E-state index contributed by atoms with van der Waals surface area (Å²) >= 11 is 3.37. The molecule has 3 atom stereocenters. The summed E-state index contributed by atoms with van der Waals surface area (Å²) in [6, 6.07) is 22.8. The number of benzene rings is 3. The lowest BCUT2D eigenvalue weighted by molar-refractivity contribution is -0.129. The predicted octanol–water partition coefficient (Wildman–Crippen LogP) is 3.50. The number of hydroxylamine groups is 3. The highest BCUT2D eigenvalue weighted by Gasteiger charge is 2.35. The number of nitrogens with zero attached hydrogens (tertiary/aromatic N) is 1. The smallest absolute Gasteiger partial charge is 0.244 e. The van der Waals surface area contributed by atoms with Crippen LogP contribution < -0.4 is 32.0 Å². The summed E-state index contributed by atoms with van der Waals surface area (Å²) in [6.45, 7) is 4.78. The van der Waals surface area contributed by atoms with Crippen molar-refractivity contribution in [3.63, 3.8) is 0 Å². The van der Waals surface area contributed by atoms with E-state index < -0.39 is 21.0 Å². The molecule has 3 aliphatic heterocycles. The van der Waals surface area contributed by atoms with E-state index in [0.717, 1.165) is 30.2 Å². The number of carbonyl (C=O) groups is 3. The Hall–Kier alpha value is -4.00. The van der Waals surface area contributed by atoms with Crippen molar-refractivity contribution in [3.8, 4) is 0 Å². The molecule has 17 heteroatoms. The minimum absolute atomic E-state index is 0.159. The molecule has 0 saturated heterocycles. The topological polar surface area (TPSA) is 209 Å². The number of nitrogens with one attached hydrogen (secondary N) is 5. The number of amides is 3. The second kappa shape index (κ2) is 18.1. The van der Waals surface area contributed by atoms with Crippen LogP contribution in [0.1, 0.15) is 26.2 Å². The van der Waals surface area contributed by atoms with Crippen LogP contribution in [0.4, 0.5) is 17.1 Å². The molecular formula is C32H40N6O8S3. The summed E-state index contributed by atoms with van der Waals surface area (Å²) in [5.41, 5.74) is 7.70. The number of sulfone groups is 1. The maximum atomic E-state index is 12.2. The van der Waals surface area contributed by atoms with E-state index in [-0.39, 0.29) is 40.2 Å². The quantitative estimate of drug-likeness (QED) is 0.129. The normalized spacial score (nSPS) is 19.6. The number of hydrogen-bond donors (Lipinski definition) is 8. The van der Waals surface area contributed by atoms with Crippen LogP contribution in [-0.4, -0.2) is 83.7 Å². The first-order chi connectivity index (χ1) is 23.6. The molecule has 3 unspecified atom stereocenters. The Balaban J connectivity index is 0.000000166. The van der Waals surface area contributed by atoms with Gasteiger partial charge in [0.15, 0.2) is 9.84 Å². The highest BCUT2D eigenvalue weighted by Crippen LogP contribution is 2.39. The van der Waals surface area contributed by atoms with Crippen LogP contribution in [0.25, 0.3) is 0 Å². The molecule has 8 N–H and O–H groups in total. The van der Waals surface area contributed by atoms with Gasteiger partial charge in [0.2, 0.25) is 17.7 Å². The first-order valence-electron chi connectivity index (χ1n) is 15.4. The van der Waals surface area contributed by atoms with Crippen molar-refractivity contribution >= 4 is 68.1 Å². The number of fused-ring (bicyclic) bond motifs is 3. The van der Waals surface area contributed by atoms with Crippen LogP contribution in [-0.2, 0) is 24.2 Å². The first-order valence-corrected chi connectivity index (χ1v) is 18.8. The van der Waals surface area contributed by atoms with Gasteiger partial charge in [-0.15, -0.1) is 23.5 Å². The summed E-state index contributed by atoms with van der Waals surface area (Å²) in [7, 11) is -3.52. The van der Waals surface area contributed by atoms with Crippen molar-refractivity contribution in [2.75, 3.05) is 41.7 Å². The van der Waals surface area contributed by atoms with Crippen LogP contribution in [0.3, 0.4) is 0 Å². The van der Waals surface area contributed by atoms with Crippen molar-refractivity contribution in [1.29, 1.82) is 0 Å². The fourth-order valence-electron chi connectivity index (χ4n) is 5.37. The van der Waals surface area contributed by atoms with Crippen LogP contribution in [0.2, 0.25) is 0 Å². The summed E-state index contributed by atoms with van der Waals surface area (Å²) in [4.78, 5) is 38.0. The van der Waals surface area contributed by atoms with Crippen molar-refractivity contribution in [2.45, 2.75) is 56.6 Å². The molecule has 0 aliphatic carbocycles. The van der Waals surface area contributed by atoms with Crippen LogP contribution in [0.5, 0.6) is 0 Å². The fraction of sp³-hybridized carbons (Fsp3) is 0.344. The molecule has 0 fully saturated rings. The summed E-state index contributed by atoms with van der Waals surface area (Å²) in [6.07, 6.45) is 0.397. The standard InChI is InChI=1S/C12H16N2O2S.C10H12N2O4S.C10H12N2O2S/c1-2-14-8-9(7-12(15)13-16)17-11-6-4-3-5-10(11)14;13-10(12-14)5-7-6-11-8-3-1-2-4-9(8)17(7,15)16;13-10(12-14)5-7-6-11-8-3-1-2-4-9(8)15-7/h3-6,9,16H,2,7-8H2,1H3,(H,13,15);1-4,7,11,14H,5-6H2,(H,12,13);1-4,7,11,14H,5-6H2,(H,12,13). The molecule has 3 heterocycles. The Morgan fingerprint density at radius 1 is 0.735 bits per heavy atom. The molecule has 0 bridgehead atoms. The second-order valence-corrected chi connectivity index (χ2v) is 16.0. The molecule has 0 spiro atoms. The Morgan fingerprint density at radius 2 is 1.27 bits per heavy atom. The lowest BCUT2D eigenvalue weighted by atomic mass is 10.2. The monoisotopic (exact) mass is 732 g/mol. The predicted molar refractivity (Wildman–Crippen MR) is 188 cm³/mol. The Bertz CT molecular complexity index is 1710. The van der Waals surface area contributed by atoms with Gasteiger partial charge in [0.1, 0.15) is 0 Å². The minimum atomic E-state index is -3.52. The van der Waals surface area contributed by atoms with E-state index in [1.807, 2.05) is 36.4 Å². The molecule has 3 aromatic carbocycles. The maximum Gasteiger partial charge on any atom is 0.244 e. The van der Waals surface area contributed by atoms with E-state index in [2.05, 4.69) is 34.6 Å². The average molecular weight is 733 g/mol. The molecule has 3 aliphatic rings. The average Bonchev–Trinajstić information content (AvgIpc) is 3.12. The molecular weight excluding hydrogens is 693 g/mol.